The van der Waals surface area contributed by atoms with Crippen LogP contribution in [0.3, 0.4) is 0 Å². The van der Waals surface area contributed by atoms with Gasteiger partial charge >= 0.3 is 0 Å². The molecule has 8 nitrogen and oxygen atoms in total. The summed E-state index contributed by atoms with van der Waals surface area (Å²) in [6.45, 7) is 0. The summed E-state index contributed by atoms with van der Waals surface area (Å²) in [7, 11) is 0. The topological polar surface area (TPSA) is 112 Å². The number of nitrogens with zero attached hydrogens (tertiary/aromatic N) is 4. The van der Waals surface area contributed by atoms with Gasteiger partial charge < -0.3 is 10.3 Å². The summed E-state index contributed by atoms with van der Waals surface area (Å²) < 4.78 is 0. The predicted molar refractivity (Wildman–Crippen MR) is 118 cm³/mol. The Kier molecular flexibility index (Phi) is 4.02. The van der Waals surface area contributed by atoms with Crippen molar-refractivity contribution in [1.29, 1.82) is 0 Å². The molecular formula is C23H19N7O. The minimum atomic E-state index is 0.0685. The van der Waals surface area contributed by atoms with Crippen LogP contribution in [-0.4, -0.2) is 36.0 Å². The molecule has 0 unspecified atom stereocenters. The van der Waals surface area contributed by atoms with Crippen LogP contribution in [-0.2, 0) is 4.79 Å². The van der Waals surface area contributed by atoms with Crippen molar-refractivity contribution in [2.45, 2.75) is 19.3 Å². The van der Waals surface area contributed by atoms with Crippen molar-refractivity contribution in [2.24, 2.45) is 5.92 Å². The lowest BCUT2D eigenvalue weighted by Gasteiger charge is -2.24. The highest BCUT2D eigenvalue weighted by molar-refractivity contribution is 5.95. The van der Waals surface area contributed by atoms with Gasteiger partial charge in [-0.2, -0.15) is 5.10 Å². The Balaban J connectivity index is 1.37. The van der Waals surface area contributed by atoms with Crippen LogP contribution in [0.15, 0.2) is 55.1 Å². The highest BCUT2D eigenvalue weighted by Crippen LogP contribution is 2.30. The van der Waals surface area contributed by atoms with E-state index in [0.717, 1.165) is 63.8 Å². The number of aromatic nitrogens is 6. The monoisotopic (exact) mass is 409 g/mol. The van der Waals surface area contributed by atoms with E-state index >= 15 is 0 Å². The summed E-state index contributed by atoms with van der Waals surface area (Å²) in [5.74, 6) is 0.192. The molecule has 0 saturated heterocycles. The van der Waals surface area contributed by atoms with Crippen molar-refractivity contribution < 1.29 is 4.79 Å². The largest absolute Gasteiger partial charge is 0.353 e. The number of rotatable bonds is 4. The van der Waals surface area contributed by atoms with E-state index in [1.807, 2.05) is 36.5 Å². The molecule has 31 heavy (non-hydrogen) atoms. The second-order valence-electron chi connectivity index (χ2n) is 7.89. The van der Waals surface area contributed by atoms with Gasteiger partial charge in [0.2, 0.25) is 5.91 Å². The van der Waals surface area contributed by atoms with Gasteiger partial charge in [0.1, 0.15) is 11.2 Å². The average Bonchev–Trinajstić information content (AvgIpc) is 3.36. The van der Waals surface area contributed by atoms with Crippen LogP contribution in [0.25, 0.3) is 44.6 Å². The van der Waals surface area contributed by atoms with Gasteiger partial charge in [0.25, 0.3) is 0 Å². The predicted octanol–water partition coefficient (Wildman–Crippen LogP) is 4.30. The van der Waals surface area contributed by atoms with E-state index in [-0.39, 0.29) is 11.8 Å². The number of fused-ring (bicyclic) bond motifs is 2. The van der Waals surface area contributed by atoms with Crippen LogP contribution in [0.2, 0.25) is 0 Å². The third-order valence-electron chi connectivity index (χ3n) is 5.86. The first-order chi connectivity index (χ1) is 15.2. The molecule has 5 aromatic rings. The maximum absolute atomic E-state index is 12.3. The number of hydrogen-bond donors (Lipinski definition) is 3. The van der Waals surface area contributed by atoms with Gasteiger partial charge in [-0.25, -0.2) is 4.98 Å². The van der Waals surface area contributed by atoms with Gasteiger partial charge in [0.15, 0.2) is 0 Å². The molecular weight excluding hydrogens is 390 g/mol. The number of H-pyrrole nitrogens is 2. The Labute approximate surface area is 177 Å². The van der Waals surface area contributed by atoms with E-state index in [2.05, 4.69) is 30.5 Å². The lowest BCUT2D eigenvalue weighted by Crippen LogP contribution is -2.28. The molecule has 152 valence electrons. The van der Waals surface area contributed by atoms with Crippen LogP contribution in [0, 0.1) is 5.92 Å². The van der Waals surface area contributed by atoms with Crippen LogP contribution in [0.1, 0.15) is 19.3 Å². The molecule has 1 amide bonds. The van der Waals surface area contributed by atoms with Crippen molar-refractivity contribution in [1.82, 2.24) is 30.1 Å². The first kappa shape index (κ1) is 17.8. The highest BCUT2D eigenvalue weighted by atomic mass is 16.1. The summed E-state index contributed by atoms with van der Waals surface area (Å²) >= 11 is 0. The quantitative estimate of drug-likeness (QED) is 0.410. The van der Waals surface area contributed by atoms with Crippen LogP contribution in [0.4, 0.5) is 5.69 Å². The normalized spacial score (nSPS) is 14.1. The molecule has 3 N–H and O–H groups in total. The summed E-state index contributed by atoms with van der Waals surface area (Å²) in [4.78, 5) is 29.0. The summed E-state index contributed by atoms with van der Waals surface area (Å²) in [5, 5.41) is 11.5. The molecule has 5 aromatic heterocycles. The molecule has 1 aliphatic carbocycles. The number of carbonyl (C=O) groups excluding carboxylic acids is 1. The fourth-order valence-corrected chi connectivity index (χ4v) is 3.91. The molecule has 1 aliphatic rings. The lowest BCUT2D eigenvalue weighted by atomic mass is 9.85. The molecule has 0 atom stereocenters. The molecule has 8 heteroatoms. The van der Waals surface area contributed by atoms with Crippen LogP contribution in [0.5, 0.6) is 0 Å². The summed E-state index contributed by atoms with van der Waals surface area (Å²) in [5.41, 5.74) is 6.51. The third-order valence-corrected chi connectivity index (χ3v) is 5.86. The van der Waals surface area contributed by atoms with Gasteiger partial charge in [-0.15, -0.1) is 0 Å². The standard InChI is InChI=1S/C23H19N7O/c31-23(13-2-1-3-13)26-16-8-14(11-25-12-16)17-4-5-19-21(28-17)22(30-29-19)20-9-15-10-24-7-6-18(15)27-20/h4-13,27H,1-3H2,(H,26,31)(H,29,30). The van der Waals surface area contributed by atoms with Gasteiger partial charge in [-0.05, 0) is 43.2 Å². The van der Waals surface area contributed by atoms with Crippen LogP contribution < -0.4 is 5.32 Å². The Morgan fingerprint density at radius 2 is 1.97 bits per heavy atom. The molecule has 5 heterocycles. The second kappa shape index (κ2) is 7.02. The zero-order valence-electron chi connectivity index (χ0n) is 16.6. The summed E-state index contributed by atoms with van der Waals surface area (Å²) in [6.07, 6.45) is 10.0. The molecule has 1 saturated carbocycles. The third kappa shape index (κ3) is 3.13. The maximum Gasteiger partial charge on any atom is 0.227 e. The Morgan fingerprint density at radius 3 is 2.81 bits per heavy atom. The zero-order valence-corrected chi connectivity index (χ0v) is 16.6. The molecule has 0 aromatic carbocycles. The van der Waals surface area contributed by atoms with Crippen molar-refractivity contribution in [3.05, 3.63) is 55.1 Å². The van der Waals surface area contributed by atoms with Crippen molar-refractivity contribution >= 4 is 33.5 Å². The van der Waals surface area contributed by atoms with E-state index in [1.54, 1.807) is 18.6 Å². The fraction of sp³-hybridized carbons (Fsp3) is 0.174. The minimum Gasteiger partial charge on any atom is -0.353 e. The Hall–Kier alpha value is -4.07. The number of aromatic amines is 2. The Morgan fingerprint density at radius 1 is 1.03 bits per heavy atom. The zero-order chi connectivity index (χ0) is 20.8. The number of hydrogen-bond acceptors (Lipinski definition) is 5. The first-order valence-electron chi connectivity index (χ1n) is 10.3. The molecule has 1 fully saturated rings. The molecule has 6 rings (SSSR count). The second-order valence-corrected chi connectivity index (χ2v) is 7.89. The SMILES string of the molecule is O=C(Nc1cncc(-c2ccc3[nH]nc(-c4cc5cnccc5[nH]4)c3n2)c1)C1CCC1. The van der Waals surface area contributed by atoms with E-state index in [9.17, 15) is 4.79 Å². The number of nitrogens with one attached hydrogen (secondary N) is 3. The van der Waals surface area contributed by atoms with Crippen molar-refractivity contribution in [2.75, 3.05) is 5.32 Å². The van der Waals surface area contributed by atoms with E-state index in [1.165, 1.54) is 0 Å². The lowest BCUT2D eigenvalue weighted by molar-refractivity contribution is -0.122. The smallest absolute Gasteiger partial charge is 0.227 e. The number of carbonyl (C=O) groups is 1. The van der Waals surface area contributed by atoms with Crippen molar-refractivity contribution in [3.8, 4) is 22.6 Å². The average molecular weight is 409 g/mol. The first-order valence-corrected chi connectivity index (χ1v) is 10.3. The van der Waals surface area contributed by atoms with Gasteiger partial charge in [-0.3, -0.25) is 19.9 Å². The fourth-order valence-electron chi connectivity index (χ4n) is 3.91. The van der Waals surface area contributed by atoms with E-state index in [4.69, 9.17) is 4.98 Å². The van der Waals surface area contributed by atoms with Gasteiger partial charge in [0.05, 0.1) is 28.8 Å². The molecule has 0 spiro atoms. The minimum absolute atomic E-state index is 0.0685. The highest BCUT2D eigenvalue weighted by Gasteiger charge is 2.25. The Bertz CT molecular complexity index is 1400. The molecule has 0 aliphatic heterocycles. The number of anilines is 1. The summed E-state index contributed by atoms with van der Waals surface area (Å²) in [6, 6.07) is 9.74. The van der Waals surface area contributed by atoms with Gasteiger partial charge in [0, 0.05) is 41.0 Å². The molecule has 0 bridgehead atoms. The number of amides is 1. The van der Waals surface area contributed by atoms with E-state index in [0.29, 0.717) is 5.69 Å². The molecule has 0 radical (unpaired) electrons. The van der Waals surface area contributed by atoms with Crippen LogP contribution >= 0.6 is 0 Å². The number of pyridine rings is 3. The van der Waals surface area contributed by atoms with Crippen molar-refractivity contribution in [3.63, 3.8) is 0 Å². The van der Waals surface area contributed by atoms with E-state index < -0.39 is 0 Å². The van der Waals surface area contributed by atoms with Gasteiger partial charge in [-0.1, -0.05) is 6.42 Å². The maximum atomic E-state index is 12.3.